The molecule has 0 spiro atoms. The van der Waals surface area contributed by atoms with Crippen LogP contribution >= 0.6 is 11.3 Å². The van der Waals surface area contributed by atoms with Crippen LogP contribution in [0.1, 0.15) is 15.4 Å². The molecule has 2 aromatic heterocycles. The molecule has 6 heteroatoms. The number of nitrogens with two attached hydrogens (primary N) is 1. The van der Waals surface area contributed by atoms with E-state index in [-0.39, 0.29) is 5.91 Å². The molecule has 0 aliphatic heterocycles. The minimum atomic E-state index is -0.223. The van der Waals surface area contributed by atoms with Crippen molar-refractivity contribution < 1.29 is 4.79 Å². The summed E-state index contributed by atoms with van der Waals surface area (Å²) in [7, 11) is 0. The predicted octanol–water partition coefficient (Wildman–Crippen LogP) is 2.19. The van der Waals surface area contributed by atoms with Gasteiger partial charge in [-0.3, -0.25) is 10.1 Å². The first-order chi connectivity index (χ1) is 10.3. The lowest BCUT2D eigenvalue weighted by Gasteiger charge is -1.97. The van der Waals surface area contributed by atoms with Gasteiger partial charge >= 0.3 is 0 Å². The van der Waals surface area contributed by atoms with Gasteiger partial charge in [0.25, 0.3) is 5.91 Å². The van der Waals surface area contributed by atoms with Gasteiger partial charge in [-0.15, -0.1) is 0 Å². The van der Waals surface area contributed by atoms with Crippen molar-refractivity contribution in [3.63, 3.8) is 0 Å². The zero-order valence-corrected chi connectivity index (χ0v) is 11.8. The SMILES string of the molecule is NCC#Cc1cnc(NC(=O)c2cc3ccccc3[nH]2)s1. The van der Waals surface area contributed by atoms with Crippen LogP contribution in [0, 0.1) is 11.8 Å². The van der Waals surface area contributed by atoms with E-state index < -0.39 is 0 Å². The van der Waals surface area contributed by atoms with E-state index in [0.29, 0.717) is 17.4 Å². The Morgan fingerprint density at radius 2 is 2.29 bits per heavy atom. The van der Waals surface area contributed by atoms with Gasteiger partial charge in [-0.25, -0.2) is 4.98 Å². The number of nitrogens with zero attached hydrogens (tertiary/aromatic N) is 1. The Kier molecular flexibility index (Phi) is 3.69. The smallest absolute Gasteiger partial charge is 0.273 e. The van der Waals surface area contributed by atoms with Crippen LogP contribution in [0.25, 0.3) is 10.9 Å². The van der Waals surface area contributed by atoms with Crippen LogP contribution in [-0.2, 0) is 0 Å². The number of rotatable bonds is 2. The van der Waals surface area contributed by atoms with Crippen molar-refractivity contribution in [2.75, 3.05) is 11.9 Å². The second-order valence-corrected chi connectivity index (χ2v) is 5.29. The average molecular weight is 296 g/mol. The third-order valence-corrected chi connectivity index (χ3v) is 3.64. The molecule has 0 radical (unpaired) electrons. The Balaban J connectivity index is 1.78. The number of aromatic nitrogens is 2. The van der Waals surface area contributed by atoms with Crippen molar-refractivity contribution in [3.05, 3.63) is 47.1 Å². The lowest BCUT2D eigenvalue weighted by molar-refractivity contribution is 0.102. The number of para-hydroxylation sites is 1. The molecule has 0 saturated carbocycles. The van der Waals surface area contributed by atoms with Crippen LogP contribution in [0.2, 0.25) is 0 Å². The normalized spacial score (nSPS) is 10.1. The minimum absolute atomic E-state index is 0.223. The highest BCUT2D eigenvalue weighted by Crippen LogP contribution is 2.19. The van der Waals surface area contributed by atoms with Gasteiger partial charge in [0.05, 0.1) is 17.6 Å². The molecular weight excluding hydrogens is 284 g/mol. The van der Waals surface area contributed by atoms with E-state index >= 15 is 0 Å². The number of carbonyl (C=O) groups excluding carboxylic acids is 1. The van der Waals surface area contributed by atoms with Gasteiger partial charge in [0, 0.05) is 10.9 Å². The summed E-state index contributed by atoms with van der Waals surface area (Å²) in [5, 5.41) is 4.26. The highest BCUT2D eigenvalue weighted by atomic mass is 32.1. The Morgan fingerprint density at radius 1 is 1.43 bits per heavy atom. The zero-order valence-electron chi connectivity index (χ0n) is 11.0. The van der Waals surface area contributed by atoms with E-state index in [2.05, 4.69) is 27.1 Å². The lowest BCUT2D eigenvalue weighted by atomic mass is 10.2. The van der Waals surface area contributed by atoms with Gasteiger partial charge < -0.3 is 10.7 Å². The molecule has 0 atom stereocenters. The number of fused-ring (bicyclic) bond motifs is 1. The second-order valence-electron chi connectivity index (χ2n) is 4.26. The molecule has 0 saturated heterocycles. The molecule has 3 aromatic rings. The number of amides is 1. The summed E-state index contributed by atoms with van der Waals surface area (Å²) < 4.78 is 0. The fourth-order valence-corrected chi connectivity index (χ4v) is 2.57. The van der Waals surface area contributed by atoms with E-state index in [9.17, 15) is 4.79 Å². The summed E-state index contributed by atoms with van der Waals surface area (Å²) in [5.41, 5.74) is 6.74. The Hall–Kier alpha value is -2.62. The number of hydrogen-bond donors (Lipinski definition) is 3. The number of carbonyl (C=O) groups is 1. The number of anilines is 1. The first-order valence-electron chi connectivity index (χ1n) is 6.30. The summed E-state index contributed by atoms with van der Waals surface area (Å²) in [6, 6.07) is 9.54. The predicted molar refractivity (Wildman–Crippen MR) is 84.3 cm³/mol. The molecule has 5 nitrogen and oxygen atoms in total. The molecule has 0 aliphatic rings. The second kappa shape index (κ2) is 5.79. The number of hydrogen-bond acceptors (Lipinski definition) is 4. The van der Waals surface area contributed by atoms with E-state index in [1.165, 1.54) is 11.3 Å². The van der Waals surface area contributed by atoms with Crippen LogP contribution in [0.3, 0.4) is 0 Å². The highest BCUT2D eigenvalue weighted by molar-refractivity contribution is 7.16. The van der Waals surface area contributed by atoms with E-state index in [0.717, 1.165) is 15.8 Å². The first kappa shape index (κ1) is 13.4. The fraction of sp³-hybridized carbons (Fsp3) is 0.0667. The Morgan fingerprint density at radius 3 is 3.10 bits per heavy atom. The number of benzene rings is 1. The molecule has 1 amide bonds. The molecule has 0 unspecified atom stereocenters. The van der Waals surface area contributed by atoms with E-state index in [1.807, 2.05) is 30.3 Å². The van der Waals surface area contributed by atoms with Gasteiger partial charge in [0.2, 0.25) is 0 Å². The van der Waals surface area contributed by atoms with Crippen molar-refractivity contribution in [2.24, 2.45) is 5.73 Å². The van der Waals surface area contributed by atoms with Crippen LogP contribution in [0.5, 0.6) is 0 Å². The fourth-order valence-electron chi connectivity index (χ4n) is 1.89. The number of thiazole rings is 1. The summed E-state index contributed by atoms with van der Waals surface area (Å²) >= 11 is 1.32. The summed E-state index contributed by atoms with van der Waals surface area (Å²) in [6.45, 7) is 0.300. The molecular formula is C15H12N4OS. The van der Waals surface area contributed by atoms with Gasteiger partial charge in [0.15, 0.2) is 5.13 Å². The molecule has 104 valence electrons. The van der Waals surface area contributed by atoms with Crippen LogP contribution < -0.4 is 11.1 Å². The van der Waals surface area contributed by atoms with Crippen molar-refractivity contribution >= 4 is 33.3 Å². The maximum atomic E-state index is 12.2. The molecule has 3 rings (SSSR count). The summed E-state index contributed by atoms with van der Waals surface area (Å²) in [5.74, 6) is 5.41. The third-order valence-electron chi connectivity index (χ3n) is 2.81. The van der Waals surface area contributed by atoms with E-state index in [1.54, 1.807) is 6.20 Å². The van der Waals surface area contributed by atoms with Crippen molar-refractivity contribution in [1.82, 2.24) is 9.97 Å². The molecule has 1 aromatic carbocycles. The van der Waals surface area contributed by atoms with Crippen LogP contribution in [0.4, 0.5) is 5.13 Å². The molecule has 21 heavy (non-hydrogen) atoms. The third kappa shape index (κ3) is 2.94. The van der Waals surface area contributed by atoms with E-state index in [4.69, 9.17) is 5.73 Å². The summed E-state index contributed by atoms with van der Waals surface area (Å²) in [6.07, 6.45) is 1.62. The molecule has 0 aliphatic carbocycles. The lowest BCUT2D eigenvalue weighted by Crippen LogP contribution is -2.11. The van der Waals surface area contributed by atoms with Crippen LogP contribution in [-0.4, -0.2) is 22.4 Å². The molecule has 2 heterocycles. The maximum Gasteiger partial charge on any atom is 0.273 e. The van der Waals surface area contributed by atoms with Crippen molar-refractivity contribution in [2.45, 2.75) is 0 Å². The number of aromatic amines is 1. The maximum absolute atomic E-state index is 12.2. The van der Waals surface area contributed by atoms with Gasteiger partial charge in [-0.05, 0) is 12.1 Å². The molecule has 0 bridgehead atoms. The van der Waals surface area contributed by atoms with Crippen LogP contribution in [0.15, 0.2) is 36.5 Å². The highest BCUT2D eigenvalue weighted by Gasteiger charge is 2.11. The Labute approximate surface area is 125 Å². The topological polar surface area (TPSA) is 83.8 Å². The number of H-pyrrole nitrogens is 1. The minimum Gasteiger partial charge on any atom is -0.351 e. The average Bonchev–Trinajstić information content (AvgIpc) is 3.11. The zero-order chi connectivity index (χ0) is 14.7. The standard InChI is InChI=1S/C15H12N4OS/c16-7-3-5-11-9-17-15(21-11)19-14(20)13-8-10-4-1-2-6-12(10)18-13/h1-2,4,6,8-9,18H,7,16H2,(H,17,19,20). The monoisotopic (exact) mass is 296 g/mol. The van der Waals surface area contributed by atoms with Crippen molar-refractivity contribution in [1.29, 1.82) is 0 Å². The molecule has 4 N–H and O–H groups in total. The van der Waals surface area contributed by atoms with Gasteiger partial charge in [-0.1, -0.05) is 41.4 Å². The quantitative estimate of drug-likeness (QED) is 0.634. The number of nitrogens with one attached hydrogen (secondary N) is 2. The largest absolute Gasteiger partial charge is 0.351 e. The van der Waals surface area contributed by atoms with Gasteiger partial charge in [-0.2, -0.15) is 0 Å². The molecule has 0 fully saturated rings. The van der Waals surface area contributed by atoms with Gasteiger partial charge in [0.1, 0.15) is 5.69 Å². The summed E-state index contributed by atoms with van der Waals surface area (Å²) in [4.78, 5) is 20.1. The van der Waals surface area contributed by atoms with Crippen molar-refractivity contribution in [3.8, 4) is 11.8 Å². The Bertz CT molecular complexity index is 820. The first-order valence-corrected chi connectivity index (χ1v) is 7.12.